The molecule has 90 valence electrons. The summed E-state index contributed by atoms with van der Waals surface area (Å²) in [6.45, 7) is 3.64. The van der Waals surface area contributed by atoms with E-state index in [2.05, 4.69) is 9.88 Å². The number of pyridine rings is 1. The third kappa shape index (κ3) is 3.47. The lowest BCUT2D eigenvalue weighted by Gasteiger charge is -2.18. The largest absolute Gasteiger partial charge is 0.392 e. The Morgan fingerprint density at radius 3 is 2.75 bits per heavy atom. The summed E-state index contributed by atoms with van der Waals surface area (Å²) < 4.78 is 5.01. The van der Waals surface area contributed by atoms with Crippen molar-refractivity contribution < 1.29 is 9.84 Å². The first kappa shape index (κ1) is 12.9. The van der Waals surface area contributed by atoms with Crippen molar-refractivity contribution in [1.82, 2.24) is 4.98 Å². The molecule has 1 heterocycles. The van der Waals surface area contributed by atoms with Crippen molar-refractivity contribution in [3.8, 4) is 0 Å². The Bertz CT molecular complexity index is 329. The number of aromatic nitrogens is 1. The van der Waals surface area contributed by atoms with Gasteiger partial charge in [-0.25, -0.2) is 4.98 Å². The van der Waals surface area contributed by atoms with E-state index >= 15 is 0 Å². The van der Waals surface area contributed by atoms with Crippen LogP contribution < -0.4 is 4.90 Å². The molecule has 0 bridgehead atoms. The molecule has 1 N–H and O–H groups in total. The molecule has 0 unspecified atom stereocenters. The second-order valence-electron chi connectivity index (χ2n) is 3.84. The van der Waals surface area contributed by atoms with Crippen molar-refractivity contribution in [2.24, 2.45) is 0 Å². The van der Waals surface area contributed by atoms with E-state index in [4.69, 9.17) is 9.84 Å². The van der Waals surface area contributed by atoms with Gasteiger partial charge >= 0.3 is 0 Å². The van der Waals surface area contributed by atoms with E-state index in [0.717, 1.165) is 36.6 Å². The van der Waals surface area contributed by atoms with Crippen LogP contribution in [0, 0.1) is 6.92 Å². The Morgan fingerprint density at radius 1 is 1.44 bits per heavy atom. The normalized spacial score (nSPS) is 10.5. The first-order chi connectivity index (χ1) is 7.69. The molecule has 0 fully saturated rings. The van der Waals surface area contributed by atoms with Gasteiger partial charge in [-0.2, -0.15) is 0 Å². The minimum absolute atomic E-state index is 0.0481. The van der Waals surface area contributed by atoms with Gasteiger partial charge in [0.2, 0.25) is 0 Å². The molecule has 0 radical (unpaired) electrons. The molecule has 0 aliphatic heterocycles. The Hall–Kier alpha value is -1.13. The van der Waals surface area contributed by atoms with Crippen LogP contribution in [0.4, 0.5) is 5.82 Å². The Morgan fingerprint density at radius 2 is 2.19 bits per heavy atom. The van der Waals surface area contributed by atoms with Gasteiger partial charge < -0.3 is 14.7 Å². The molecule has 0 aliphatic carbocycles. The number of aryl methyl sites for hydroxylation is 1. The quantitative estimate of drug-likeness (QED) is 0.741. The number of nitrogens with zero attached hydrogens (tertiary/aromatic N) is 2. The monoisotopic (exact) mass is 224 g/mol. The summed E-state index contributed by atoms with van der Waals surface area (Å²) in [5.41, 5.74) is 1.77. The average molecular weight is 224 g/mol. The van der Waals surface area contributed by atoms with Gasteiger partial charge in [0.1, 0.15) is 5.82 Å². The first-order valence-electron chi connectivity index (χ1n) is 5.46. The van der Waals surface area contributed by atoms with E-state index in [-0.39, 0.29) is 6.61 Å². The molecule has 0 aliphatic rings. The lowest BCUT2D eigenvalue weighted by atomic mass is 10.2. The molecule has 0 aromatic carbocycles. The summed E-state index contributed by atoms with van der Waals surface area (Å²) in [5, 5.41) is 9.05. The van der Waals surface area contributed by atoms with Crippen molar-refractivity contribution in [2.75, 3.05) is 32.2 Å². The van der Waals surface area contributed by atoms with Gasteiger partial charge in [-0.15, -0.1) is 0 Å². The number of hydrogen-bond donors (Lipinski definition) is 1. The van der Waals surface area contributed by atoms with Gasteiger partial charge in [-0.1, -0.05) is 6.07 Å². The predicted octanol–water partition coefficient (Wildman–Crippen LogP) is 1.36. The molecule has 0 atom stereocenters. The second kappa shape index (κ2) is 6.45. The second-order valence-corrected chi connectivity index (χ2v) is 3.84. The molecule has 4 heteroatoms. The molecule has 4 nitrogen and oxygen atoms in total. The number of ether oxygens (including phenoxy) is 1. The Balaban J connectivity index is 2.62. The van der Waals surface area contributed by atoms with Crippen molar-refractivity contribution in [3.05, 3.63) is 23.4 Å². The van der Waals surface area contributed by atoms with E-state index in [1.165, 1.54) is 0 Å². The fourth-order valence-corrected chi connectivity index (χ4v) is 1.52. The standard InChI is InChI=1S/C12H20N2O2/c1-10-11(9-15)5-6-12(13-10)14(2)7-4-8-16-3/h5-6,15H,4,7-9H2,1-3H3. The minimum atomic E-state index is 0.0481. The highest BCUT2D eigenvalue weighted by Crippen LogP contribution is 2.13. The Labute approximate surface area is 96.9 Å². The third-order valence-corrected chi connectivity index (χ3v) is 2.58. The van der Waals surface area contributed by atoms with Gasteiger partial charge in [0.25, 0.3) is 0 Å². The zero-order valence-electron chi connectivity index (χ0n) is 10.2. The highest BCUT2D eigenvalue weighted by atomic mass is 16.5. The number of anilines is 1. The Kier molecular flexibility index (Phi) is 5.22. The van der Waals surface area contributed by atoms with Crippen LogP contribution in [-0.4, -0.2) is 37.4 Å². The third-order valence-electron chi connectivity index (χ3n) is 2.58. The number of methoxy groups -OCH3 is 1. The van der Waals surface area contributed by atoms with Crippen LogP contribution in [-0.2, 0) is 11.3 Å². The van der Waals surface area contributed by atoms with Crippen LogP contribution in [0.25, 0.3) is 0 Å². The summed E-state index contributed by atoms with van der Waals surface area (Å²) in [4.78, 5) is 6.54. The summed E-state index contributed by atoms with van der Waals surface area (Å²) in [7, 11) is 3.72. The molecule has 1 aromatic rings. The van der Waals surface area contributed by atoms with Crippen molar-refractivity contribution in [2.45, 2.75) is 20.0 Å². The summed E-state index contributed by atoms with van der Waals surface area (Å²) in [6, 6.07) is 3.86. The highest BCUT2D eigenvalue weighted by molar-refractivity contribution is 5.40. The van der Waals surface area contributed by atoms with E-state index in [1.807, 2.05) is 26.1 Å². The van der Waals surface area contributed by atoms with E-state index < -0.39 is 0 Å². The maximum Gasteiger partial charge on any atom is 0.128 e. The predicted molar refractivity (Wildman–Crippen MR) is 64.7 cm³/mol. The van der Waals surface area contributed by atoms with Gasteiger partial charge in [0.15, 0.2) is 0 Å². The fraction of sp³-hybridized carbons (Fsp3) is 0.583. The summed E-state index contributed by atoms with van der Waals surface area (Å²) in [6.07, 6.45) is 0.982. The molecular formula is C12H20N2O2. The average Bonchev–Trinajstić information content (AvgIpc) is 2.29. The molecule has 0 amide bonds. The topological polar surface area (TPSA) is 45.6 Å². The van der Waals surface area contributed by atoms with E-state index in [0.29, 0.717) is 0 Å². The first-order valence-corrected chi connectivity index (χ1v) is 5.46. The number of hydrogen-bond acceptors (Lipinski definition) is 4. The fourth-order valence-electron chi connectivity index (χ4n) is 1.52. The zero-order chi connectivity index (χ0) is 12.0. The molecule has 0 saturated carbocycles. The van der Waals surface area contributed by atoms with E-state index in [1.54, 1.807) is 7.11 Å². The molecule has 0 saturated heterocycles. The van der Waals surface area contributed by atoms with Gasteiger partial charge in [0.05, 0.1) is 6.61 Å². The van der Waals surface area contributed by atoms with E-state index in [9.17, 15) is 0 Å². The molecule has 1 aromatic heterocycles. The van der Waals surface area contributed by atoms with Gasteiger partial charge in [-0.3, -0.25) is 0 Å². The van der Waals surface area contributed by atoms with Crippen LogP contribution in [0.1, 0.15) is 17.7 Å². The summed E-state index contributed by atoms with van der Waals surface area (Å²) >= 11 is 0. The molecule has 1 rings (SSSR count). The zero-order valence-corrected chi connectivity index (χ0v) is 10.2. The van der Waals surface area contributed by atoms with Crippen LogP contribution in [0.2, 0.25) is 0 Å². The van der Waals surface area contributed by atoms with Crippen LogP contribution in [0.3, 0.4) is 0 Å². The SMILES string of the molecule is COCCCN(C)c1ccc(CO)c(C)n1. The van der Waals surface area contributed by atoms with Crippen molar-refractivity contribution >= 4 is 5.82 Å². The molecular weight excluding hydrogens is 204 g/mol. The van der Waals surface area contributed by atoms with Gasteiger partial charge in [0, 0.05) is 33.0 Å². The summed E-state index contributed by atoms with van der Waals surface area (Å²) in [5.74, 6) is 0.936. The highest BCUT2D eigenvalue weighted by Gasteiger charge is 2.04. The number of aliphatic hydroxyl groups excluding tert-OH is 1. The minimum Gasteiger partial charge on any atom is -0.392 e. The van der Waals surface area contributed by atoms with Crippen LogP contribution >= 0.6 is 0 Å². The van der Waals surface area contributed by atoms with Crippen LogP contribution in [0.15, 0.2) is 12.1 Å². The maximum atomic E-state index is 9.05. The maximum absolute atomic E-state index is 9.05. The lowest BCUT2D eigenvalue weighted by Crippen LogP contribution is -2.21. The van der Waals surface area contributed by atoms with Crippen LogP contribution in [0.5, 0.6) is 0 Å². The van der Waals surface area contributed by atoms with Crippen molar-refractivity contribution in [1.29, 1.82) is 0 Å². The number of rotatable bonds is 6. The van der Waals surface area contributed by atoms with Gasteiger partial charge in [-0.05, 0) is 25.0 Å². The lowest BCUT2D eigenvalue weighted by molar-refractivity contribution is 0.196. The smallest absolute Gasteiger partial charge is 0.128 e. The molecule has 0 spiro atoms. The molecule has 16 heavy (non-hydrogen) atoms. The van der Waals surface area contributed by atoms with Crippen molar-refractivity contribution in [3.63, 3.8) is 0 Å². The number of aliphatic hydroxyl groups is 1.